The van der Waals surface area contributed by atoms with Crippen molar-refractivity contribution in [3.05, 3.63) is 28.2 Å². The first-order valence-electron chi connectivity index (χ1n) is 13.2. The first-order chi connectivity index (χ1) is 15.6. The normalized spacial score (nSPS) is 26.0. The van der Waals surface area contributed by atoms with Crippen LogP contribution in [0.5, 0.6) is 5.75 Å². The summed E-state index contributed by atoms with van der Waals surface area (Å²) < 4.78 is 12.5. The van der Waals surface area contributed by atoms with Crippen LogP contribution in [0.4, 0.5) is 0 Å². The van der Waals surface area contributed by atoms with Crippen LogP contribution in [0.25, 0.3) is 0 Å². The Balaban J connectivity index is 1.38. The summed E-state index contributed by atoms with van der Waals surface area (Å²) in [6.45, 7) is 5.14. The number of hydrogen-bond donors (Lipinski definition) is 0. The molecule has 3 rings (SSSR count). The molecule has 1 aromatic rings. The molecule has 0 saturated heterocycles. The molecule has 2 aliphatic carbocycles. The lowest BCUT2D eigenvalue weighted by atomic mass is 9.70. The summed E-state index contributed by atoms with van der Waals surface area (Å²) in [5, 5.41) is 0. The summed E-state index contributed by atoms with van der Waals surface area (Å²) in [7, 11) is 0. The molecule has 0 aliphatic heterocycles. The Hall–Kier alpha value is -1.03. The summed E-state index contributed by atoms with van der Waals surface area (Å²) in [5.74, 6) is 3.32. The smallest absolute Gasteiger partial charge is 0.338 e. The molecule has 1 aromatic carbocycles. The van der Waals surface area contributed by atoms with Gasteiger partial charge < -0.3 is 9.47 Å². The van der Waals surface area contributed by atoms with Crippen molar-refractivity contribution in [1.29, 1.82) is 0 Å². The highest BCUT2D eigenvalue weighted by atomic mass is 79.9. The minimum Gasteiger partial charge on any atom is -0.492 e. The third-order valence-electron chi connectivity index (χ3n) is 7.69. The first-order valence-corrected chi connectivity index (χ1v) is 14.0. The van der Waals surface area contributed by atoms with Crippen molar-refractivity contribution in [2.75, 3.05) is 6.61 Å². The Morgan fingerprint density at radius 3 is 2.19 bits per heavy atom. The highest BCUT2D eigenvalue weighted by Crippen LogP contribution is 2.41. The fourth-order valence-electron chi connectivity index (χ4n) is 5.60. The van der Waals surface area contributed by atoms with Gasteiger partial charge >= 0.3 is 5.97 Å². The minimum absolute atomic E-state index is 0.0726. The van der Waals surface area contributed by atoms with Crippen LogP contribution in [0.1, 0.15) is 114 Å². The Labute approximate surface area is 204 Å². The third kappa shape index (κ3) is 7.78. The van der Waals surface area contributed by atoms with E-state index in [0.29, 0.717) is 12.2 Å². The highest BCUT2D eigenvalue weighted by molar-refractivity contribution is 9.10. The van der Waals surface area contributed by atoms with E-state index >= 15 is 0 Å². The zero-order chi connectivity index (χ0) is 22.8. The standard InChI is InChI=1S/C28H43BrO3/c1-3-5-7-8-21-9-11-22(12-10-21)23-13-16-25(17-14-23)32-28(30)24-15-18-27(26(29)20-24)31-19-6-4-2/h15,18,20-23,25H,3-14,16-17,19H2,1-2H3. The number of ether oxygens (including phenoxy) is 2. The molecule has 0 atom stereocenters. The molecule has 0 heterocycles. The van der Waals surface area contributed by atoms with Gasteiger partial charge in [0, 0.05) is 0 Å². The maximum atomic E-state index is 12.7. The molecule has 2 saturated carbocycles. The average molecular weight is 508 g/mol. The van der Waals surface area contributed by atoms with Gasteiger partial charge in [0.1, 0.15) is 11.9 Å². The van der Waals surface area contributed by atoms with Gasteiger partial charge in [0.2, 0.25) is 0 Å². The number of halogens is 1. The van der Waals surface area contributed by atoms with Crippen LogP contribution in [0.2, 0.25) is 0 Å². The molecule has 0 unspecified atom stereocenters. The second-order valence-corrected chi connectivity index (χ2v) is 10.9. The van der Waals surface area contributed by atoms with E-state index in [4.69, 9.17) is 9.47 Å². The van der Waals surface area contributed by atoms with Crippen molar-refractivity contribution < 1.29 is 14.3 Å². The van der Waals surface area contributed by atoms with Gasteiger partial charge in [0.05, 0.1) is 16.6 Å². The first kappa shape index (κ1) is 25.6. The second kappa shape index (κ2) is 13.6. The van der Waals surface area contributed by atoms with Crippen LogP contribution in [-0.2, 0) is 4.74 Å². The molecular weight excluding hydrogens is 464 g/mol. The molecule has 2 aliphatic rings. The fraction of sp³-hybridized carbons (Fsp3) is 0.750. The van der Waals surface area contributed by atoms with E-state index in [1.54, 1.807) is 0 Å². The van der Waals surface area contributed by atoms with E-state index in [2.05, 4.69) is 29.8 Å². The number of rotatable bonds is 11. The molecule has 180 valence electrons. The summed E-state index contributed by atoms with van der Waals surface area (Å²) >= 11 is 3.53. The predicted molar refractivity (Wildman–Crippen MR) is 135 cm³/mol. The zero-order valence-electron chi connectivity index (χ0n) is 20.3. The number of unbranched alkanes of at least 4 members (excludes halogenated alkanes) is 3. The topological polar surface area (TPSA) is 35.5 Å². The van der Waals surface area contributed by atoms with Crippen molar-refractivity contribution in [2.45, 2.75) is 110 Å². The zero-order valence-corrected chi connectivity index (χ0v) is 21.8. The maximum Gasteiger partial charge on any atom is 0.338 e. The van der Waals surface area contributed by atoms with Gasteiger partial charge in [-0.2, -0.15) is 0 Å². The highest BCUT2D eigenvalue weighted by Gasteiger charge is 2.32. The molecule has 4 heteroatoms. The van der Waals surface area contributed by atoms with Crippen LogP contribution in [0, 0.1) is 17.8 Å². The number of benzene rings is 1. The van der Waals surface area contributed by atoms with Gasteiger partial charge in [0.15, 0.2) is 0 Å². The summed E-state index contributed by atoms with van der Waals surface area (Å²) in [6, 6.07) is 5.51. The fourth-order valence-corrected chi connectivity index (χ4v) is 6.09. The second-order valence-electron chi connectivity index (χ2n) is 10.1. The lowest BCUT2D eigenvalue weighted by molar-refractivity contribution is 0.0109. The molecule has 2 fully saturated rings. The molecule has 0 radical (unpaired) electrons. The van der Waals surface area contributed by atoms with Gasteiger partial charge in [-0.05, 0) is 96.8 Å². The number of carbonyl (C=O) groups excluding carboxylic acids is 1. The molecule has 0 spiro atoms. The van der Waals surface area contributed by atoms with Crippen molar-refractivity contribution in [1.82, 2.24) is 0 Å². The molecule has 0 aromatic heterocycles. The summed E-state index contributed by atoms with van der Waals surface area (Å²) in [4.78, 5) is 12.7. The number of hydrogen-bond acceptors (Lipinski definition) is 3. The van der Waals surface area contributed by atoms with Crippen molar-refractivity contribution in [3.63, 3.8) is 0 Å². The monoisotopic (exact) mass is 506 g/mol. The van der Waals surface area contributed by atoms with E-state index in [9.17, 15) is 4.79 Å². The molecular formula is C28H43BrO3. The van der Waals surface area contributed by atoms with Gasteiger partial charge in [-0.1, -0.05) is 58.8 Å². The van der Waals surface area contributed by atoms with E-state index in [0.717, 1.165) is 53.7 Å². The Kier molecular flexibility index (Phi) is 10.9. The maximum absolute atomic E-state index is 12.7. The van der Waals surface area contributed by atoms with Crippen LogP contribution in [-0.4, -0.2) is 18.7 Å². The third-order valence-corrected chi connectivity index (χ3v) is 8.31. The molecule has 0 amide bonds. The summed E-state index contributed by atoms with van der Waals surface area (Å²) in [6.07, 6.45) is 18.0. The van der Waals surface area contributed by atoms with Gasteiger partial charge in [-0.25, -0.2) is 4.79 Å². The molecule has 0 bridgehead atoms. The largest absolute Gasteiger partial charge is 0.492 e. The van der Waals surface area contributed by atoms with E-state index in [1.165, 1.54) is 64.2 Å². The minimum atomic E-state index is -0.207. The van der Waals surface area contributed by atoms with Crippen LogP contribution in [0.3, 0.4) is 0 Å². The predicted octanol–water partition coefficient (Wildman–Crippen LogP) is 8.73. The SMILES string of the molecule is CCCCCC1CCC(C2CCC(OC(=O)c3ccc(OCCCC)c(Br)c3)CC2)CC1. The molecule has 3 nitrogen and oxygen atoms in total. The van der Waals surface area contributed by atoms with Gasteiger partial charge in [0.25, 0.3) is 0 Å². The quantitative estimate of drug-likeness (QED) is 0.222. The summed E-state index contributed by atoms with van der Waals surface area (Å²) in [5.41, 5.74) is 0.600. The molecule has 0 N–H and O–H groups in total. The Morgan fingerprint density at radius 2 is 1.56 bits per heavy atom. The van der Waals surface area contributed by atoms with Crippen LogP contribution >= 0.6 is 15.9 Å². The van der Waals surface area contributed by atoms with Crippen molar-refractivity contribution in [2.24, 2.45) is 17.8 Å². The van der Waals surface area contributed by atoms with Crippen molar-refractivity contribution >= 4 is 21.9 Å². The van der Waals surface area contributed by atoms with Crippen LogP contribution < -0.4 is 4.74 Å². The molecule has 32 heavy (non-hydrogen) atoms. The van der Waals surface area contributed by atoms with Crippen molar-refractivity contribution in [3.8, 4) is 5.75 Å². The number of esters is 1. The lowest BCUT2D eigenvalue weighted by Gasteiger charge is -2.37. The van der Waals surface area contributed by atoms with Gasteiger partial charge in [-0.15, -0.1) is 0 Å². The van der Waals surface area contributed by atoms with E-state index in [-0.39, 0.29) is 12.1 Å². The Morgan fingerprint density at radius 1 is 0.906 bits per heavy atom. The van der Waals surface area contributed by atoms with E-state index in [1.807, 2.05) is 18.2 Å². The number of carbonyl (C=O) groups is 1. The Bertz CT molecular complexity index is 688. The van der Waals surface area contributed by atoms with Crippen LogP contribution in [0.15, 0.2) is 22.7 Å². The lowest BCUT2D eigenvalue weighted by Crippen LogP contribution is -2.29. The van der Waals surface area contributed by atoms with E-state index < -0.39 is 0 Å². The van der Waals surface area contributed by atoms with Gasteiger partial charge in [-0.3, -0.25) is 0 Å². The average Bonchev–Trinajstić information content (AvgIpc) is 2.81.